The molecular formula is C9H17NO2. The molecule has 0 aromatic heterocycles. The van der Waals surface area contributed by atoms with Crippen LogP contribution in [0.25, 0.3) is 0 Å². The number of aliphatic hydroxyl groups is 1. The number of hydrogen-bond acceptors (Lipinski definition) is 3. The molecule has 3 nitrogen and oxygen atoms in total. The molecule has 0 heterocycles. The number of Topliss-reactive ketones (excluding diaryl/α,β-unsaturated/α-hetero) is 1. The van der Waals surface area contributed by atoms with Crippen LogP contribution in [0.15, 0.2) is 0 Å². The van der Waals surface area contributed by atoms with E-state index < -0.39 is 0 Å². The van der Waals surface area contributed by atoms with Gasteiger partial charge in [0.05, 0.1) is 12.6 Å². The Balaban J connectivity index is 2.18. The first-order valence-corrected chi connectivity index (χ1v) is 4.59. The lowest BCUT2D eigenvalue weighted by Gasteiger charge is -2.26. The van der Waals surface area contributed by atoms with Crippen molar-refractivity contribution in [2.45, 2.75) is 44.8 Å². The summed E-state index contributed by atoms with van der Waals surface area (Å²) in [5.41, 5.74) is 0. The van der Waals surface area contributed by atoms with Gasteiger partial charge in [-0.25, -0.2) is 0 Å². The summed E-state index contributed by atoms with van der Waals surface area (Å²) in [7, 11) is 0. The lowest BCUT2D eigenvalue weighted by Crippen LogP contribution is -2.38. The van der Waals surface area contributed by atoms with Gasteiger partial charge in [0.25, 0.3) is 0 Å². The Hall–Kier alpha value is -0.410. The molecule has 1 aliphatic carbocycles. The van der Waals surface area contributed by atoms with Crippen LogP contribution in [0, 0.1) is 0 Å². The zero-order valence-corrected chi connectivity index (χ0v) is 7.55. The average Bonchev–Trinajstić information content (AvgIpc) is 2.01. The van der Waals surface area contributed by atoms with Gasteiger partial charge >= 0.3 is 0 Å². The van der Waals surface area contributed by atoms with E-state index in [4.69, 9.17) is 0 Å². The normalized spacial score (nSPS) is 30.2. The van der Waals surface area contributed by atoms with Gasteiger partial charge in [0.15, 0.2) is 0 Å². The first-order valence-electron chi connectivity index (χ1n) is 4.59. The van der Waals surface area contributed by atoms with Gasteiger partial charge in [-0.15, -0.1) is 0 Å². The molecule has 1 rings (SSSR count). The van der Waals surface area contributed by atoms with Crippen LogP contribution in [0.5, 0.6) is 0 Å². The second-order valence-electron chi connectivity index (χ2n) is 3.60. The predicted molar refractivity (Wildman–Crippen MR) is 46.9 cm³/mol. The third-order valence-electron chi connectivity index (χ3n) is 2.29. The van der Waals surface area contributed by atoms with E-state index in [2.05, 4.69) is 5.32 Å². The topological polar surface area (TPSA) is 49.3 Å². The first-order chi connectivity index (χ1) is 5.68. The number of carbonyl (C=O) groups is 1. The Morgan fingerprint density at radius 1 is 1.58 bits per heavy atom. The Labute approximate surface area is 73.2 Å². The molecule has 2 atom stereocenters. The minimum Gasteiger partial charge on any atom is -0.393 e. The predicted octanol–water partition coefficient (Wildman–Crippen LogP) is 0.469. The monoisotopic (exact) mass is 171 g/mol. The molecule has 3 heteroatoms. The van der Waals surface area contributed by atoms with Crippen LogP contribution in [0.3, 0.4) is 0 Å². The van der Waals surface area contributed by atoms with Crippen molar-refractivity contribution < 1.29 is 9.90 Å². The lowest BCUT2D eigenvalue weighted by atomic mass is 9.93. The van der Waals surface area contributed by atoms with Gasteiger partial charge in [0.2, 0.25) is 0 Å². The number of ketones is 1. The number of nitrogens with one attached hydrogen (secondary N) is 1. The summed E-state index contributed by atoms with van der Waals surface area (Å²) in [5.74, 6) is 0.162. The van der Waals surface area contributed by atoms with Gasteiger partial charge in [-0.1, -0.05) is 0 Å². The van der Waals surface area contributed by atoms with Crippen LogP contribution in [0.2, 0.25) is 0 Å². The molecule has 2 unspecified atom stereocenters. The number of carbonyl (C=O) groups excluding carboxylic acids is 1. The number of aliphatic hydroxyl groups excluding tert-OH is 1. The van der Waals surface area contributed by atoms with Crippen LogP contribution in [-0.2, 0) is 4.79 Å². The highest BCUT2D eigenvalue weighted by Crippen LogP contribution is 2.17. The van der Waals surface area contributed by atoms with Crippen molar-refractivity contribution in [1.82, 2.24) is 5.32 Å². The molecular weight excluding hydrogens is 154 g/mol. The Morgan fingerprint density at radius 3 is 2.92 bits per heavy atom. The molecule has 0 amide bonds. The van der Waals surface area contributed by atoms with Crippen LogP contribution in [0.1, 0.15) is 32.6 Å². The van der Waals surface area contributed by atoms with Crippen LogP contribution >= 0.6 is 0 Å². The number of hydrogen-bond donors (Lipinski definition) is 2. The van der Waals surface area contributed by atoms with E-state index in [-0.39, 0.29) is 11.9 Å². The van der Waals surface area contributed by atoms with Gasteiger partial charge < -0.3 is 10.4 Å². The van der Waals surface area contributed by atoms with E-state index in [1.807, 2.05) is 0 Å². The lowest BCUT2D eigenvalue weighted by molar-refractivity contribution is -0.116. The fraction of sp³-hybridized carbons (Fsp3) is 0.889. The van der Waals surface area contributed by atoms with Crippen molar-refractivity contribution in [2.75, 3.05) is 6.54 Å². The number of rotatable bonds is 3. The molecule has 1 fully saturated rings. The summed E-state index contributed by atoms with van der Waals surface area (Å²) in [6.45, 7) is 2.02. The molecule has 1 saturated carbocycles. The Kier molecular flexibility index (Phi) is 3.69. The second kappa shape index (κ2) is 4.58. The molecule has 0 aliphatic heterocycles. The molecule has 12 heavy (non-hydrogen) atoms. The molecule has 0 aromatic carbocycles. The highest BCUT2D eigenvalue weighted by Gasteiger charge is 2.19. The maximum Gasteiger partial charge on any atom is 0.143 e. The second-order valence-corrected chi connectivity index (χ2v) is 3.60. The van der Waals surface area contributed by atoms with Gasteiger partial charge in [-0.3, -0.25) is 4.79 Å². The highest BCUT2D eigenvalue weighted by molar-refractivity contribution is 5.77. The Bertz CT molecular complexity index is 159. The molecule has 0 spiro atoms. The molecule has 0 saturated heterocycles. The zero-order chi connectivity index (χ0) is 8.97. The van der Waals surface area contributed by atoms with E-state index in [9.17, 15) is 9.90 Å². The average molecular weight is 171 g/mol. The van der Waals surface area contributed by atoms with Gasteiger partial charge in [0, 0.05) is 6.04 Å². The van der Waals surface area contributed by atoms with Crippen molar-refractivity contribution in [1.29, 1.82) is 0 Å². The fourth-order valence-corrected chi connectivity index (χ4v) is 1.64. The van der Waals surface area contributed by atoms with Crippen molar-refractivity contribution in [2.24, 2.45) is 0 Å². The van der Waals surface area contributed by atoms with E-state index in [1.165, 1.54) is 0 Å². The van der Waals surface area contributed by atoms with Crippen LogP contribution in [-0.4, -0.2) is 29.6 Å². The molecule has 0 bridgehead atoms. The van der Waals surface area contributed by atoms with E-state index in [1.54, 1.807) is 6.92 Å². The van der Waals surface area contributed by atoms with Gasteiger partial charge in [-0.05, 0) is 32.6 Å². The summed E-state index contributed by atoms with van der Waals surface area (Å²) in [6.07, 6.45) is 3.70. The summed E-state index contributed by atoms with van der Waals surface area (Å²) < 4.78 is 0. The van der Waals surface area contributed by atoms with E-state index in [0.29, 0.717) is 12.6 Å². The van der Waals surface area contributed by atoms with Crippen LogP contribution in [0.4, 0.5) is 0 Å². The smallest absolute Gasteiger partial charge is 0.143 e. The van der Waals surface area contributed by atoms with E-state index in [0.717, 1.165) is 25.7 Å². The SMILES string of the molecule is CC(=O)CNC1CCCC(O)C1. The molecule has 70 valence electrons. The maximum absolute atomic E-state index is 10.6. The van der Waals surface area contributed by atoms with Gasteiger partial charge in [0.1, 0.15) is 5.78 Å². The summed E-state index contributed by atoms with van der Waals surface area (Å²) in [4.78, 5) is 10.6. The first kappa shape index (κ1) is 9.68. The maximum atomic E-state index is 10.6. The van der Waals surface area contributed by atoms with Gasteiger partial charge in [-0.2, -0.15) is 0 Å². The Morgan fingerprint density at radius 2 is 2.33 bits per heavy atom. The minimum atomic E-state index is -0.164. The zero-order valence-electron chi connectivity index (χ0n) is 7.55. The molecule has 0 aromatic rings. The van der Waals surface area contributed by atoms with Crippen molar-refractivity contribution in [3.63, 3.8) is 0 Å². The molecule has 2 N–H and O–H groups in total. The molecule has 0 radical (unpaired) electrons. The van der Waals surface area contributed by atoms with Crippen LogP contribution < -0.4 is 5.32 Å². The quantitative estimate of drug-likeness (QED) is 0.649. The molecule has 1 aliphatic rings. The van der Waals surface area contributed by atoms with Crippen molar-refractivity contribution in [3.8, 4) is 0 Å². The van der Waals surface area contributed by atoms with E-state index >= 15 is 0 Å². The highest BCUT2D eigenvalue weighted by atomic mass is 16.3. The fourth-order valence-electron chi connectivity index (χ4n) is 1.64. The standard InChI is InChI=1S/C9H17NO2/c1-7(11)6-10-8-3-2-4-9(12)5-8/h8-10,12H,2-6H2,1H3. The largest absolute Gasteiger partial charge is 0.393 e. The summed E-state index contributed by atoms with van der Waals surface area (Å²) in [5, 5.41) is 12.5. The summed E-state index contributed by atoms with van der Waals surface area (Å²) in [6, 6.07) is 0.345. The van der Waals surface area contributed by atoms with Crippen molar-refractivity contribution >= 4 is 5.78 Å². The third-order valence-corrected chi connectivity index (χ3v) is 2.29. The minimum absolute atomic E-state index is 0.162. The third kappa shape index (κ3) is 3.32. The summed E-state index contributed by atoms with van der Waals surface area (Å²) >= 11 is 0. The van der Waals surface area contributed by atoms with Crippen molar-refractivity contribution in [3.05, 3.63) is 0 Å².